The molecule has 1 aromatic rings. The summed E-state index contributed by atoms with van der Waals surface area (Å²) in [5.74, 6) is 0. The van der Waals surface area contributed by atoms with Crippen molar-refractivity contribution < 1.29 is 17.9 Å². The molecule has 0 atom stereocenters. The van der Waals surface area contributed by atoms with Gasteiger partial charge in [-0.05, 0) is 12.1 Å². The smallest absolute Gasteiger partial charge is 0.379 e. The van der Waals surface area contributed by atoms with E-state index in [0.29, 0.717) is 0 Å². The molecular weight excluding hydrogens is 223 g/mol. The number of alkyl halides is 3. The zero-order valence-corrected chi connectivity index (χ0v) is 8.50. The summed E-state index contributed by atoms with van der Waals surface area (Å²) in [6.45, 7) is 3.83. The van der Waals surface area contributed by atoms with Gasteiger partial charge < -0.3 is 10.1 Å². The Morgan fingerprint density at radius 3 is 2.19 bits per heavy atom. The fraction of sp³-hybridized carbons (Fsp3) is 0.556. The van der Waals surface area contributed by atoms with Crippen molar-refractivity contribution in [3.63, 3.8) is 0 Å². The molecule has 4 nitrogen and oxygen atoms in total. The zero-order chi connectivity index (χ0) is 11.9. The predicted octanol–water partition coefficient (Wildman–Crippen LogP) is 1.10. The van der Waals surface area contributed by atoms with Crippen LogP contribution in [0.5, 0.6) is 0 Å². The van der Waals surface area contributed by atoms with Crippen molar-refractivity contribution in [3.05, 3.63) is 24.0 Å². The first kappa shape index (κ1) is 12.9. The van der Waals surface area contributed by atoms with Gasteiger partial charge in [0.25, 0.3) is 0 Å². The Balaban J connectivity index is 0.000000181. The number of nitrogens with one attached hydrogen (secondary N) is 1. The highest BCUT2D eigenvalue weighted by Crippen LogP contribution is 2.25. The molecule has 7 heteroatoms. The van der Waals surface area contributed by atoms with Gasteiger partial charge in [0, 0.05) is 19.3 Å². The van der Waals surface area contributed by atoms with Gasteiger partial charge in [-0.3, -0.25) is 0 Å². The summed E-state index contributed by atoms with van der Waals surface area (Å²) in [4.78, 5) is 0. The van der Waals surface area contributed by atoms with Crippen LogP contribution in [0.1, 0.15) is 5.69 Å². The van der Waals surface area contributed by atoms with E-state index < -0.39 is 11.9 Å². The molecule has 90 valence electrons. The first-order valence-electron chi connectivity index (χ1n) is 4.74. The van der Waals surface area contributed by atoms with Gasteiger partial charge in [0.15, 0.2) is 5.69 Å². The Morgan fingerprint density at radius 2 is 1.94 bits per heavy atom. The molecule has 0 saturated carbocycles. The summed E-state index contributed by atoms with van der Waals surface area (Å²) in [6, 6.07) is 2.06. The van der Waals surface area contributed by atoms with E-state index in [1.807, 2.05) is 0 Å². The predicted molar refractivity (Wildman–Crippen MR) is 50.7 cm³/mol. The molecule has 2 rings (SSSR count). The average molecular weight is 235 g/mol. The van der Waals surface area contributed by atoms with Crippen LogP contribution in [-0.4, -0.2) is 36.5 Å². The quantitative estimate of drug-likeness (QED) is 0.731. The first-order chi connectivity index (χ1) is 7.61. The molecule has 1 N–H and O–H groups in total. The van der Waals surface area contributed by atoms with E-state index in [1.165, 1.54) is 12.3 Å². The first-order valence-corrected chi connectivity index (χ1v) is 4.74. The number of halogens is 3. The van der Waals surface area contributed by atoms with Crippen LogP contribution in [0.25, 0.3) is 0 Å². The van der Waals surface area contributed by atoms with E-state index in [1.54, 1.807) is 0 Å². The van der Waals surface area contributed by atoms with Gasteiger partial charge in [-0.15, -0.1) is 5.10 Å². The van der Waals surface area contributed by atoms with E-state index in [2.05, 4.69) is 15.5 Å². The zero-order valence-electron chi connectivity index (χ0n) is 8.50. The lowest BCUT2D eigenvalue weighted by Gasteiger charge is -2.10. The van der Waals surface area contributed by atoms with Crippen molar-refractivity contribution in [3.8, 4) is 0 Å². The fourth-order valence-corrected chi connectivity index (χ4v) is 0.968. The number of rotatable bonds is 0. The highest BCUT2D eigenvalue weighted by Gasteiger charge is 2.32. The van der Waals surface area contributed by atoms with Crippen molar-refractivity contribution in [1.29, 1.82) is 0 Å². The molecule has 0 bridgehead atoms. The van der Waals surface area contributed by atoms with Crippen LogP contribution < -0.4 is 5.32 Å². The largest absolute Gasteiger partial charge is 0.435 e. The minimum atomic E-state index is -4.38. The van der Waals surface area contributed by atoms with Crippen LogP contribution >= 0.6 is 0 Å². The van der Waals surface area contributed by atoms with Crippen LogP contribution in [0.4, 0.5) is 13.2 Å². The second-order valence-corrected chi connectivity index (χ2v) is 2.97. The lowest BCUT2D eigenvalue weighted by molar-refractivity contribution is -0.141. The second-order valence-electron chi connectivity index (χ2n) is 2.97. The molecule has 1 aliphatic rings. The van der Waals surface area contributed by atoms with Crippen LogP contribution in [0, 0.1) is 0 Å². The molecule has 0 aromatic carbocycles. The topological polar surface area (TPSA) is 47.0 Å². The van der Waals surface area contributed by atoms with E-state index in [9.17, 15) is 13.2 Å². The number of morpholine rings is 1. The van der Waals surface area contributed by atoms with E-state index >= 15 is 0 Å². The Morgan fingerprint density at radius 1 is 1.25 bits per heavy atom. The monoisotopic (exact) mass is 235 g/mol. The van der Waals surface area contributed by atoms with Gasteiger partial charge in [-0.2, -0.15) is 18.3 Å². The summed E-state index contributed by atoms with van der Waals surface area (Å²) in [6.07, 6.45) is -3.19. The Kier molecular flexibility index (Phi) is 5.13. The summed E-state index contributed by atoms with van der Waals surface area (Å²) >= 11 is 0. The van der Waals surface area contributed by atoms with Crippen molar-refractivity contribution in [2.75, 3.05) is 26.3 Å². The highest BCUT2D eigenvalue weighted by molar-refractivity contribution is 5.02. The maximum atomic E-state index is 11.7. The van der Waals surface area contributed by atoms with E-state index in [0.717, 1.165) is 32.4 Å². The maximum absolute atomic E-state index is 11.7. The summed E-state index contributed by atoms with van der Waals surface area (Å²) in [5.41, 5.74) is -0.963. The van der Waals surface area contributed by atoms with Gasteiger partial charge in [0.05, 0.1) is 13.2 Å². The molecular formula is C9H12F3N3O. The van der Waals surface area contributed by atoms with Crippen molar-refractivity contribution in [1.82, 2.24) is 15.5 Å². The lowest BCUT2D eigenvalue weighted by atomic mass is 10.4. The molecule has 1 saturated heterocycles. The van der Waals surface area contributed by atoms with Crippen LogP contribution in [0.15, 0.2) is 18.3 Å². The van der Waals surface area contributed by atoms with Crippen molar-refractivity contribution in [2.24, 2.45) is 0 Å². The molecule has 1 aromatic heterocycles. The summed E-state index contributed by atoms with van der Waals surface area (Å²) < 4.78 is 40.1. The van der Waals surface area contributed by atoms with Crippen LogP contribution in [0.2, 0.25) is 0 Å². The maximum Gasteiger partial charge on any atom is 0.435 e. The fourth-order valence-electron chi connectivity index (χ4n) is 0.968. The third-order valence-electron chi connectivity index (χ3n) is 1.71. The molecule has 0 amide bonds. The molecule has 0 radical (unpaired) electrons. The molecule has 0 aliphatic carbocycles. The Labute approximate surface area is 90.8 Å². The van der Waals surface area contributed by atoms with Gasteiger partial charge in [0.1, 0.15) is 0 Å². The number of nitrogens with zero attached hydrogens (tertiary/aromatic N) is 2. The van der Waals surface area contributed by atoms with Gasteiger partial charge in [-0.1, -0.05) is 0 Å². The molecule has 1 fully saturated rings. The number of hydrogen-bond acceptors (Lipinski definition) is 4. The summed E-state index contributed by atoms with van der Waals surface area (Å²) in [5, 5.41) is 9.12. The van der Waals surface area contributed by atoms with Crippen molar-refractivity contribution in [2.45, 2.75) is 6.18 Å². The number of hydrogen-bond donors (Lipinski definition) is 1. The Hall–Kier alpha value is -1.21. The molecule has 1 aliphatic heterocycles. The van der Waals surface area contributed by atoms with Crippen LogP contribution in [-0.2, 0) is 10.9 Å². The average Bonchev–Trinajstić information content (AvgIpc) is 2.32. The standard InChI is InChI=1S/C5H3F3N2.C4H9NO/c6-5(7,8)4-2-1-3-9-10-4;1-3-6-4-2-5-1/h1-3H;5H,1-4H2. The molecule has 16 heavy (non-hydrogen) atoms. The minimum Gasteiger partial charge on any atom is -0.379 e. The molecule has 2 heterocycles. The Bertz CT molecular complexity index is 276. The van der Waals surface area contributed by atoms with Gasteiger partial charge >= 0.3 is 6.18 Å². The van der Waals surface area contributed by atoms with Crippen LogP contribution in [0.3, 0.4) is 0 Å². The normalized spacial score (nSPS) is 16.2. The van der Waals surface area contributed by atoms with Gasteiger partial charge in [-0.25, -0.2) is 0 Å². The van der Waals surface area contributed by atoms with Gasteiger partial charge in [0.2, 0.25) is 0 Å². The third kappa shape index (κ3) is 5.04. The third-order valence-corrected chi connectivity index (χ3v) is 1.71. The molecule has 0 unspecified atom stereocenters. The number of aromatic nitrogens is 2. The van der Waals surface area contributed by atoms with E-state index in [-0.39, 0.29) is 0 Å². The minimum absolute atomic E-state index is 0.868. The van der Waals surface area contributed by atoms with Crippen molar-refractivity contribution >= 4 is 0 Å². The highest BCUT2D eigenvalue weighted by atomic mass is 19.4. The number of ether oxygens (including phenoxy) is 1. The SMILES string of the molecule is C1COCCN1.FC(F)(F)c1cccnn1. The second kappa shape index (κ2) is 6.39. The molecule has 0 spiro atoms. The lowest BCUT2D eigenvalue weighted by Crippen LogP contribution is -2.30. The summed E-state index contributed by atoms with van der Waals surface area (Å²) in [7, 11) is 0. The van der Waals surface area contributed by atoms with E-state index in [4.69, 9.17) is 4.74 Å².